The Kier molecular flexibility index (Phi) is 6.55. The molecule has 1 aromatic heterocycles. The molecule has 0 saturated carbocycles. The molecule has 1 heterocycles. The first-order chi connectivity index (χ1) is 12.1. The molecular weight excluding hydrogens is 396 g/mol. The number of hydrogen-bond donors (Lipinski definition) is 1. The van der Waals surface area contributed by atoms with E-state index < -0.39 is 24.1 Å². The fraction of sp³-hybridized carbons (Fsp3) is 0.250. The van der Waals surface area contributed by atoms with E-state index in [-0.39, 0.29) is 11.6 Å². The van der Waals surface area contributed by atoms with E-state index in [0.717, 1.165) is 12.3 Å². The highest BCUT2D eigenvalue weighted by atomic mass is 35.5. The third-order valence-corrected chi connectivity index (χ3v) is 3.60. The smallest absolute Gasteiger partial charge is 0.482 e. The van der Waals surface area contributed by atoms with E-state index in [1.54, 1.807) is 13.0 Å². The Balaban J connectivity index is 1.88. The molecule has 5 nitrogen and oxygen atoms in total. The van der Waals surface area contributed by atoms with Gasteiger partial charge in [-0.25, -0.2) is 0 Å². The van der Waals surface area contributed by atoms with Crippen molar-refractivity contribution in [1.82, 2.24) is 10.3 Å². The number of aromatic nitrogens is 1. The molecule has 1 amide bonds. The van der Waals surface area contributed by atoms with Crippen molar-refractivity contribution in [3.63, 3.8) is 0 Å². The predicted octanol–water partition coefficient (Wildman–Crippen LogP) is 4.54. The van der Waals surface area contributed by atoms with Crippen molar-refractivity contribution >= 4 is 29.1 Å². The van der Waals surface area contributed by atoms with Gasteiger partial charge in [-0.3, -0.25) is 9.78 Å². The van der Waals surface area contributed by atoms with Crippen LogP contribution >= 0.6 is 23.2 Å². The maximum atomic E-state index is 12.1. The minimum Gasteiger partial charge on any atom is -0.482 e. The molecule has 0 aliphatic heterocycles. The van der Waals surface area contributed by atoms with Gasteiger partial charge in [0.2, 0.25) is 0 Å². The molecule has 0 fully saturated rings. The van der Waals surface area contributed by atoms with Gasteiger partial charge in [0.25, 0.3) is 5.91 Å². The second kappa shape index (κ2) is 8.46. The van der Waals surface area contributed by atoms with Gasteiger partial charge in [-0.1, -0.05) is 23.2 Å². The molecule has 1 atom stereocenters. The maximum Gasteiger partial charge on any atom is 0.573 e. The number of alkyl halides is 3. The number of amides is 1. The summed E-state index contributed by atoms with van der Waals surface area (Å²) in [5.41, 5.74) is 0.359. The average Bonchev–Trinajstić information content (AvgIpc) is 2.53. The summed E-state index contributed by atoms with van der Waals surface area (Å²) in [5.74, 6) is -0.605. The first-order valence-corrected chi connectivity index (χ1v) is 7.98. The molecule has 2 rings (SSSR count). The second-order valence-electron chi connectivity index (χ2n) is 5.12. The van der Waals surface area contributed by atoms with Crippen molar-refractivity contribution in [2.75, 3.05) is 6.61 Å². The number of hydrogen-bond acceptors (Lipinski definition) is 4. The van der Waals surface area contributed by atoms with E-state index in [9.17, 15) is 18.0 Å². The van der Waals surface area contributed by atoms with E-state index in [2.05, 4.69) is 15.0 Å². The minimum atomic E-state index is -4.79. The van der Waals surface area contributed by atoms with Gasteiger partial charge >= 0.3 is 6.36 Å². The Labute approximate surface area is 157 Å². The number of carbonyl (C=O) groups is 1. The number of ether oxygens (including phenoxy) is 2. The van der Waals surface area contributed by atoms with E-state index >= 15 is 0 Å². The molecular formula is C16H13Cl2F3N2O3. The van der Waals surface area contributed by atoms with Gasteiger partial charge in [0.15, 0.2) is 6.61 Å². The molecule has 2 aromatic rings. The Morgan fingerprint density at radius 3 is 2.58 bits per heavy atom. The molecule has 1 unspecified atom stereocenters. The van der Waals surface area contributed by atoms with Crippen molar-refractivity contribution < 1.29 is 27.4 Å². The van der Waals surface area contributed by atoms with Gasteiger partial charge in [0.05, 0.1) is 23.0 Å². The van der Waals surface area contributed by atoms with Gasteiger partial charge in [0.1, 0.15) is 11.5 Å². The van der Waals surface area contributed by atoms with Crippen LogP contribution in [-0.2, 0) is 4.79 Å². The highest BCUT2D eigenvalue weighted by Crippen LogP contribution is 2.27. The number of pyridine rings is 1. The lowest BCUT2D eigenvalue weighted by Gasteiger charge is -2.15. The summed E-state index contributed by atoms with van der Waals surface area (Å²) in [6.45, 7) is 1.32. The van der Waals surface area contributed by atoms with E-state index in [0.29, 0.717) is 16.5 Å². The van der Waals surface area contributed by atoms with Crippen molar-refractivity contribution in [3.8, 4) is 11.5 Å². The van der Waals surface area contributed by atoms with E-state index in [4.69, 9.17) is 27.9 Å². The maximum absolute atomic E-state index is 12.1. The molecule has 0 radical (unpaired) electrons. The number of nitrogens with zero attached hydrogens (tertiary/aromatic N) is 1. The molecule has 26 heavy (non-hydrogen) atoms. The summed E-state index contributed by atoms with van der Waals surface area (Å²) in [6, 6.07) is 6.46. The second-order valence-corrected chi connectivity index (χ2v) is 5.96. The number of nitrogens with one attached hydrogen (secondary N) is 1. The lowest BCUT2D eigenvalue weighted by Crippen LogP contribution is -2.31. The predicted molar refractivity (Wildman–Crippen MR) is 89.4 cm³/mol. The zero-order chi connectivity index (χ0) is 19.3. The summed E-state index contributed by atoms with van der Waals surface area (Å²) < 4.78 is 45.4. The first kappa shape index (κ1) is 20.1. The lowest BCUT2D eigenvalue weighted by molar-refractivity contribution is -0.274. The van der Waals surface area contributed by atoms with Crippen LogP contribution in [-0.4, -0.2) is 23.9 Å². The number of rotatable bonds is 6. The molecule has 10 heteroatoms. The lowest BCUT2D eigenvalue weighted by atomic mass is 10.2. The molecule has 140 valence electrons. The van der Waals surface area contributed by atoms with Gasteiger partial charge in [-0.15, -0.1) is 13.2 Å². The molecule has 1 N–H and O–H groups in total. The Hall–Kier alpha value is -2.19. The molecule has 0 bridgehead atoms. The monoisotopic (exact) mass is 408 g/mol. The van der Waals surface area contributed by atoms with E-state index in [1.165, 1.54) is 18.2 Å². The molecule has 0 aliphatic carbocycles. The SMILES string of the molecule is CC(NC(=O)COc1ccc(Cl)cc1Cl)c1ccc(OC(F)(F)F)cn1. The number of halogens is 5. The third kappa shape index (κ3) is 6.27. The van der Waals surface area contributed by atoms with Gasteiger partial charge in [0, 0.05) is 5.02 Å². The summed E-state index contributed by atoms with van der Waals surface area (Å²) in [4.78, 5) is 15.8. The third-order valence-electron chi connectivity index (χ3n) is 3.07. The zero-order valence-electron chi connectivity index (χ0n) is 13.3. The Bertz CT molecular complexity index is 770. The van der Waals surface area contributed by atoms with Crippen LogP contribution in [0.2, 0.25) is 10.0 Å². The quantitative estimate of drug-likeness (QED) is 0.761. The largest absolute Gasteiger partial charge is 0.573 e. The van der Waals surface area contributed by atoms with Crippen LogP contribution in [0.5, 0.6) is 11.5 Å². The van der Waals surface area contributed by atoms with Gasteiger partial charge < -0.3 is 14.8 Å². The van der Waals surface area contributed by atoms with Crippen LogP contribution < -0.4 is 14.8 Å². The molecule has 0 saturated heterocycles. The Morgan fingerprint density at radius 1 is 1.27 bits per heavy atom. The van der Waals surface area contributed by atoms with Crippen molar-refractivity contribution in [2.45, 2.75) is 19.3 Å². The van der Waals surface area contributed by atoms with Gasteiger partial charge in [-0.05, 0) is 37.3 Å². The summed E-state index contributed by atoms with van der Waals surface area (Å²) in [6.07, 6.45) is -3.86. The van der Waals surface area contributed by atoms with Crippen LogP contribution in [0.1, 0.15) is 18.7 Å². The minimum absolute atomic E-state index is 0.264. The van der Waals surface area contributed by atoms with Gasteiger partial charge in [-0.2, -0.15) is 0 Å². The highest BCUT2D eigenvalue weighted by molar-refractivity contribution is 6.35. The van der Waals surface area contributed by atoms with Crippen LogP contribution in [0.15, 0.2) is 36.5 Å². The van der Waals surface area contributed by atoms with Crippen molar-refractivity contribution in [3.05, 3.63) is 52.3 Å². The zero-order valence-corrected chi connectivity index (χ0v) is 14.8. The van der Waals surface area contributed by atoms with Crippen LogP contribution in [0, 0.1) is 0 Å². The van der Waals surface area contributed by atoms with Crippen LogP contribution in [0.3, 0.4) is 0 Å². The normalized spacial score (nSPS) is 12.4. The first-order valence-electron chi connectivity index (χ1n) is 7.23. The Morgan fingerprint density at radius 2 is 2.00 bits per heavy atom. The fourth-order valence-electron chi connectivity index (χ4n) is 1.93. The van der Waals surface area contributed by atoms with Crippen LogP contribution in [0.25, 0.3) is 0 Å². The van der Waals surface area contributed by atoms with E-state index in [1.807, 2.05) is 0 Å². The van der Waals surface area contributed by atoms with Crippen molar-refractivity contribution in [2.24, 2.45) is 0 Å². The topological polar surface area (TPSA) is 60.5 Å². The molecule has 0 spiro atoms. The summed E-state index contributed by atoms with van der Waals surface area (Å²) in [5, 5.41) is 3.31. The molecule has 1 aromatic carbocycles. The van der Waals surface area contributed by atoms with Crippen molar-refractivity contribution in [1.29, 1.82) is 0 Å². The summed E-state index contributed by atoms with van der Waals surface area (Å²) in [7, 11) is 0. The summed E-state index contributed by atoms with van der Waals surface area (Å²) >= 11 is 11.7. The fourth-order valence-corrected chi connectivity index (χ4v) is 2.40. The number of carbonyl (C=O) groups excluding carboxylic acids is 1. The van der Waals surface area contributed by atoms with Crippen LogP contribution in [0.4, 0.5) is 13.2 Å². The molecule has 0 aliphatic rings. The number of benzene rings is 1. The standard InChI is InChI=1S/C16H13Cl2F3N2O3/c1-9(13-4-3-11(7-22-13)26-16(19,20)21)23-15(24)8-25-14-5-2-10(17)6-12(14)18/h2-7,9H,8H2,1H3,(H,23,24). The highest BCUT2D eigenvalue weighted by Gasteiger charge is 2.31. The average molecular weight is 409 g/mol.